The molecule has 21 heavy (non-hydrogen) atoms. The third-order valence-electron chi connectivity index (χ3n) is 3.40. The van der Waals surface area contributed by atoms with E-state index in [4.69, 9.17) is 10.8 Å². The van der Waals surface area contributed by atoms with Crippen molar-refractivity contribution in [3.05, 3.63) is 76.6 Å². The summed E-state index contributed by atoms with van der Waals surface area (Å²) in [5.41, 5.74) is 6.24. The molecule has 0 saturated carbocycles. The van der Waals surface area contributed by atoms with Crippen molar-refractivity contribution in [3.8, 4) is 11.3 Å². The van der Waals surface area contributed by atoms with Crippen LogP contribution in [0.15, 0.2) is 66.0 Å². The first-order valence-electron chi connectivity index (χ1n) is 6.87. The second-order valence-corrected chi connectivity index (χ2v) is 5.77. The van der Waals surface area contributed by atoms with Gasteiger partial charge in [-0.05, 0) is 5.56 Å². The first-order valence-corrected chi connectivity index (χ1v) is 7.75. The van der Waals surface area contributed by atoms with Crippen molar-refractivity contribution < 1.29 is 0 Å². The van der Waals surface area contributed by atoms with Crippen molar-refractivity contribution in [3.63, 3.8) is 0 Å². The Morgan fingerprint density at radius 1 is 1.00 bits per heavy atom. The van der Waals surface area contributed by atoms with Crippen LogP contribution in [-0.4, -0.2) is 4.98 Å². The summed E-state index contributed by atoms with van der Waals surface area (Å²) in [5.74, 6) is 5.70. The number of hydrogen-bond donors (Lipinski definition) is 2. The van der Waals surface area contributed by atoms with Gasteiger partial charge in [0.25, 0.3) is 0 Å². The lowest BCUT2D eigenvalue weighted by Gasteiger charge is -2.14. The maximum atomic E-state index is 5.70. The molecule has 3 aromatic rings. The first kappa shape index (κ1) is 13.9. The predicted octanol–water partition coefficient (Wildman–Crippen LogP) is 3.56. The molecule has 1 aromatic heterocycles. The lowest BCUT2D eigenvalue weighted by Crippen LogP contribution is -2.29. The summed E-state index contributed by atoms with van der Waals surface area (Å²) < 4.78 is 0. The van der Waals surface area contributed by atoms with E-state index in [1.54, 1.807) is 11.3 Å². The van der Waals surface area contributed by atoms with Crippen molar-refractivity contribution in [2.24, 2.45) is 5.84 Å². The molecule has 1 unspecified atom stereocenters. The van der Waals surface area contributed by atoms with Gasteiger partial charge in [0.05, 0.1) is 16.7 Å². The zero-order chi connectivity index (χ0) is 14.5. The van der Waals surface area contributed by atoms with Gasteiger partial charge in [-0.3, -0.25) is 11.3 Å². The van der Waals surface area contributed by atoms with E-state index < -0.39 is 0 Å². The number of nitrogens with zero attached hydrogens (tertiary/aromatic N) is 1. The van der Waals surface area contributed by atoms with Gasteiger partial charge in [0, 0.05) is 17.4 Å². The normalized spacial score (nSPS) is 12.2. The van der Waals surface area contributed by atoms with E-state index in [2.05, 4.69) is 35.1 Å². The summed E-state index contributed by atoms with van der Waals surface area (Å²) in [4.78, 5) is 4.72. The summed E-state index contributed by atoms with van der Waals surface area (Å²) in [6.45, 7) is 0. The van der Waals surface area contributed by atoms with Crippen molar-refractivity contribution in [2.75, 3.05) is 0 Å². The predicted molar refractivity (Wildman–Crippen MR) is 87.8 cm³/mol. The molecule has 0 aliphatic rings. The maximum absolute atomic E-state index is 5.70. The zero-order valence-electron chi connectivity index (χ0n) is 11.6. The van der Waals surface area contributed by atoms with Crippen molar-refractivity contribution in [2.45, 2.75) is 12.5 Å². The monoisotopic (exact) mass is 295 g/mol. The Kier molecular flexibility index (Phi) is 4.40. The molecule has 0 aliphatic carbocycles. The molecule has 2 aromatic carbocycles. The van der Waals surface area contributed by atoms with Gasteiger partial charge in [0.15, 0.2) is 0 Å². The van der Waals surface area contributed by atoms with Crippen molar-refractivity contribution >= 4 is 11.3 Å². The molecule has 4 heteroatoms. The van der Waals surface area contributed by atoms with Crippen LogP contribution in [0.5, 0.6) is 0 Å². The van der Waals surface area contributed by atoms with E-state index in [-0.39, 0.29) is 6.04 Å². The molecule has 1 heterocycles. The minimum absolute atomic E-state index is 0.0842. The quantitative estimate of drug-likeness (QED) is 0.559. The van der Waals surface area contributed by atoms with Crippen molar-refractivity contribution in [1.29, 1.82) is 0 Å². The van der Waals surface area contributed by atoms with Crippen LogP contribution >= 0.6 is 11.3 Å². The molecule has 3 nitrogen and oxygen atoms in total. The molecular weight excluding hydrogens is 278 g/mol. The van der Waals surface area contributed by atoms with Crippen LogP contribution in [0.1, 0.15) is 16.6 Å². The molecule has 0 radical (unpaired) electrons. The Labute approximate surface area is 128 Å². The van der Waals surface area contributed by atoms with Gasteiger partial charge in [0.1, 0.15) is 0 Å². The minimum atomic E-state index is 0.0842. The SMILES string of the molecule is NNC(Cc1nc(-c2ccccc2)cs1)c1ccccc1. The van der Waals surface area contributed by atoms with Gasteiger partial charge in [-0.25, -0.2) is 4.98 Å². The minimum Gasteiger partial charge on any atom is -0.271 e. The lowest BCUT2D eigenvalue weighted by molar-refractivity contribution is 0.551. The highest BCUT2D eigenvalue weighted by Crippen LogP contribution is 2.25. The van der Waals surface area contributed by atoms with Gasteiger partial charge >= 0.3 is 0 Å². The highest BCUT2D eigenvalue weighted by molar-refractivity contribution is 7.09. The Hall–Kier alpha value is -2.01. The molecule has 3 rings (SSSR count). The van der Waals surface area contributed by atoms with E-state index in [9.17, 15) is 0 Å². The van der Waals surface area contributed by atoms with E-state index in [1.807, 2.05) is 36.4 Å². The Bertz CT molecular complexity index is 680. The number of rotatable bonds is 5. The second kappa shape index (κ2) is 6.63. The smallest absolute Gasteiger partial charge is 0.0952 e. The average molecular weight is 295 g/mol. The summed E-state index contributed by atoms with van der Waals surface area (Å²) in [5, 5.41) is 3.18. The Balaban J connectivity index is 1.78. The molecule has 0 fully saturated rings. The molecular formula is C17H17N3S. The molecule has 0 bridgehead atoms. The number of aromatic nitrogens is 1. The third kappa shape index (κ3) is 3.36. The van der Waals surface area contributed by atoms with Crippen LogP contribution < -0.4 is 11.3 Å². The van der Waals surface area contributed by atoms with Crippen molar-refractivity contribution in [1.82, 2.24) is 10.4 Å². The number of hydrogen-bond acceptors (Lipinski definition) is 4. The fourth-order valence-corrected chi connectivity index (χ4v) is 3.13. The van der Waals surface area contributed by atoms with E-state index in [0.717, 1.165) is 22.7 Å². The molecule has 0 aliphatic heterocycles. The van der Waals surface area contributed by atoms with Crippen LogP contribution in [0.4, 0.5) is 0 Å². The van der Waals surface area contributed by atoms with E-state index in [1.165, 1.54) is 5.56 Å². The van der Waals surface area contributed by atoms with E-state index >= 15 is 0 Å². The lowest BCUT2D eigenvalue weighted by atomic mass is 10.1. The first-order chi connectivity index (χ1) is 10.4. The number of benzene rings is 2. The van der Waals surface area contributed by atoms with Crippen LogP contribution in [0.2, 0.25) is 0 Å². The molecule has 3 N–H and O–H groups in total. The molecule has 0 saturated heterocycles. The second-order valence-electron chi connectivity index (χ2n) is 4.83. The number of thiazole rings is 1. The van der Waals surface area contributed by atoms with Gasteiger partial charge in [-0.1, -0.05) is 60.7 Å². The molecule has 0 spiro atoms. The highest BCUT2D eigenvalue weighted by Gasteiger charge is 2.13. The maximum Gasteiger partial charge on any atom is 0.0952 e. The fraction of sp³-hybridized carbons (Fsp3) is 0.118. The molecule has 106 valence electrons. The summed E-state index contributed by atoms with van der Waals surface area (Å²) >= 11 is 1.68. The number of nitrogens with one attached hydrogen (secondary N) is 1. The zero-order valence-corrected chi connectivity index (χ0v) is 12.4. The topological polar surface area (TPSA) is 50.9 Å². The number of hydrazine groups is 1. The van der Waals surface area contributed by atoms with Gasteiger partial charge < -0.3 is 0 Å². The van der Waals surface area contributed by atoms with E-state index in [0.29, 0.717) is 0 Å². The van der Waals surface area contributed by atoms with Gasteiger partial charge in [-0.2, -0.15) is 0 Å². The van der Waals surface area contributed by atoms with Crippen LogP contribution in [0.3, 0.4) is 0 Å². The summed E-state index contributed by atoms with van der Waals surface area (Å²) in [7, 11) is 0. The summed E-state index contributed by atoms with van der Waals surface area (Å²) in [6, 6.07) is 20.5. The van der Waals surface area contributed by atoms with Gasteiger partial charge in [0.2, 0.25) is 0 Å². The largest absolute Gasteiger partial charge is 0.271 e. The molecule has 1 atom stereocenters. The highest BCUT2D eigenvalue weighted by atomic mass is 32.1. The van der Waals surface area contributed by atoms with Crippen LogP contribution in [0.25, 0.3) is 11.3 Å². The van der Waals surface area contributed by atoms with Crippen LogP contribution in [0, 0.1) is 0 Å². The Morgan fingerprint density at radius 3 is 2.33 bits per heavy atom. The summed E-state index contributed by atoms with van der Waals surface area (Å²) in [6.07, 6.45) is 0.790. The van der Waals surface area contributed by atoms with Gasteiger partial charge in [-0.15, -0.1) is 11.3 Å². The Morgan fingerprint density at radius 2 is 1.67 bits per heavy atom. The number of nitrogens with two attached hydrogens (primary N) is 1. The molecule has 0 amide bonds. The standard InChI is InChI=1S/C17H17N3S/c18-20-15(13-7-3-1-4-8-13)11-17-19-16(12-21-17)14-9-5-2-6-10-14/h1-10,12,15,20H,11,18H2. The average Bonchev–Trinajstić information content (AvgIpc) is 3.03. The fourth-order valence-electron chi connectivity index (χ4n) is 2.28. The third-order valence-corrected chi connectivity index (χ3v) is 4.27. The van der Waals surface area contributed by atoms with Crippen LogP contribution in [-0.2, 0) is 6.42 Å².